The molecule has 0 aliphatic heterocycles. The third-order valence-corrected chi connectivity index (χ3v) is 4.44. The second-order valence-corrected chi connectivity index (χ2v) is 7.08. The molecule has 0 fully saturated rings. The second kappa shape index (κ2) is 11.0. The number of nitro benzene ring substituents is 1. The number of carbonyl (C=O) groups excluding carboxylic acids is 2. The maximum absolute atomic E-state index is 12.6. The Balaban J connectivity index is 2.20. The van der Waals surface area contributed by atoms with E-state index in [1.807, 2.05) is 13.8 Å². The summed E-state index contributed by atoms with van der Waals surface area (Å²) in [4.78, 5) is 36.7. The van der Waals surface area contributed by atoms with Crippen molar-refractivity contribution in [1.82, 2.24) is 10.2 Å². The van der Waals surface area contributed by atoms with Crippen LogP contribution in [0.15, 0.2) is 42.5 Å². The number of benzene rings is 2. The molecule has 0 radical (unpaired) electrons. The van der Waals surface area contributed by atoms with Crippen molar-refractivity contribution in [2.24, 2.45) is 0 Å². The van der Waals surface area contributed by atoms with Crippen LogP contribution in [0.1, 0.15) is 20.8 Å². The summed E-state index contributed by atoms with van der Waals surface area (Å²) in [5.41, 5.74) is 1.06. The summed E-state index contributed by atoms with van der Waals surface area (Å²) in [6.07, 6.45) is 0. The average Bonchev–Trinajstić information content (AvgIpc) is 2.75. The molecular weight excluding hydrogens is 402 g/mol. The van der Waals surface area contributed by atoms with Gasteiger partial charge in [-0.15, -0.1) is 0 Å². The van der Waals surface area contributed by atoms with Gasteiger partial charge in [0.05, 0.1) is 18.6 Å². The highest BCUT2D eigenvalue weighted by atomic mass is 16.6. The maximum atomic E-state index is 12.6. The van der Waals surface area contributed by atoms with Crippen LogP contribution in [0.2, 0.25) is 0 Å². The van der Waals surface area contributed by atoms with Crippen LogP contribution in [0.5, 0.6) is 11.5 Å². The van der Waals surface area contributed by atoms with Gasteiger partial charge in [0.2, 0.25) is 5.91 Å². The van der Waals surface area contributed by atoms with Crippen molar-refractivity contribution in [2.75, 3.05) is 26.8 Å². The van der Waals surface area contributed by atoms with E-state index in [2.05, 4.69) is 5.32 Å². The Bertz CT molecular complexity index is 927. The highest BCUT2D eigenvalue weighted by Crippen LogP contribution is 2.34. The van der Waals surface area contributed by atoms with Gasteiger partial charge < -0.3 is 19.7 Å². The fourth-order valence-corrected chi connectivity index (χ4v) is 2.90. The van der Waals surface area contributed by atoms with Crippen molar-refractivity contribution in [2.45, 2.75) is 26.8 Å². The van der Waals surface area contributed by atoms with Crippen LogP contribution in [-0.4, -0.2) is 54.5 Å². The van der Waals surface area contributed by atoms with Gasteiger partial charge in [0.15, 0.2) is 6.61 Å². The fraction of sp³-hybridized carbons (Fsp3) is 0.364. The van der Waals surface area contributed by atoms with E-state index in [1.165, 1.54) is 23.1 Å². The Kier molecular flexibility index (Phi) is 8.36. The van der Waals surface area contributed by atoms with Gasteiger partial charge in [-0.05, 0) is 44.5 Å². The van der Waals surface area contributed by atoms with Gasteiger partial charge in [0.25, 0.3) is 11.6 Å². The molecule has 0 aliphatic carbocycles. The number of non-ortho nitro benzene ring substituents is 1. The summed E-state index contributed by atoms with van der Waals surface area (Å²) < 4.78 is 10.9. The minimum atomic E-state index is -0.492. The number of nitrogens with zero attached hydrogens (tertiary/aromatic N) is 2. The molecule has 2 rings (SSSR count). The molecule has 2 aromatic carbocycles. The summed E-state index contributed by atoms with van der Waals surface area (Å²) in [6.45, 7) is 5.43. The SMILES string of the molecule is CCN(CC(=O)NC(C)C)C(=O)COc1ccc([N+](=O)[O-])cc1-c1ccc(OC)cc1. The zero-order chi connectivity index (χ0) is 23.0. The van der Waals surface area contributed by atoms with E-state index in [1.54, 1.807) is 38.3 Å². The zero-order valence-electron chi connectivity index (χ0n) is 18.1. The molecule has 9 nitrogen and oxygen atoms in total. The van der Waals surface area contributed by atoms with Gasteiger partial charge in [-0.1, -0.05) is 12.1 Å². The van der Waals surface area contributed by atoms with E-state index >= 15 is 0 Å². The first-order valence-electron chi connectivity index (χ1n) is 9.88. The molecule has 0 heterocycles. The first-order valence-corrected chi connectivity index (χ1v) is 9.88. The Morgan fingerprint density at radius 3 is 2.39 bits per heavy atom. The highest BCUT2D eigenvalue weighted by Gasteiger charge is 2.19. The maximum Gasteiger partial charge on any atom is 0.270 e. The molecule has 2 amide bonds. The molecule has 166 valence electrons. The molecule has 0 aromatic heterocycles. The van der Waals surface area contributed by atoms with Gasteiger partial charge >= 0.3 is 0 Å². The van der Waals surface area contributed by atoms with Crippen LogP contribution in [-0.2, 0) is 9.59 Å². The smallest absolute Gasteiger partial charge is 0.270 e. The van der Waals surface area contributed by atoms with Crippen molar-refractivity contribution >= 4 is 17.5 Å². The predicted octanol–water partition coefficient (Wildman–Crippen LogP) is 3.02. The number of nitro groups is 1. The lowest BCUT2D eigenvalue weighted by atomic mass is 10.0. The number of carbonyl (C=O) groups is 2. The molecule has 0 saturated heterocycles. The lowest BCUT2D eigenvalue weighted by Gasteiger charge is -2.21. The molecule has 0 saturated carbocycles. The van der Waals surface area contributed by atoms with E-state index < -0.39 is 4.92 Å². The summed E-state index contributed by atoms with van der Waals surface area (Å²) in [5, 5.41) is 14.0. The molecule has 31 heavy (non-hydrogen) atoms. The molecule has 0 spiro atoms. The number of nitrogens with one attached hydrogen (secondary N) is 1. The molecular formula is C22H27N3O6. The minimum absolute atomic E-state index is 0.0234. The Labute approximate surface area is 181 Å². The number of hydrogen-bond donors (Lipinski definition) is 1. The van der Waals surface area contributed by atoms with Gasteiger partial charge in [-0.3, -0.25) is 19.7 Å². The summed E-state index contributed by atoms with van der Waals surface area (Å²) in [6, 6.07) is 11.1. The van der Waals surface area contributed by atoms with Crippen LogP contribution in [0.3, 0.4) is 0 Å². The molecule has 0 aliphatic rings. The molecule has 0 atom stereocenters. The minimum Gasteiger partial charge on any atom is -0.497 e. The van der Waals surface area contributed by atoms with E-state index in [0.717, 1.165) is 0 Å². The van der Waals surface area contributed by atoms with Crippen LogP contribution in [0.4, 0.5) is 5.69 Å². The van der Waals surface area contributed by atoms with Crippen molar-refractivity contribution in [3.8, 4) is 22.6 Å². The third kappa shape index (κ3) is 6.70. The summed E-state index contributed by atoms with van der Waals surface area (Å²) in [7, 11) is 1.55. The number of ether oxygens (including phenoxy) is 2. The number of likely N-dealkylation sites (N-methyl/N-ethyl adjacent to an activating group) is 1. The second-order valence-electron chi connectivity index (χ2n) is 7.08. The normalized spacial score (nSPS) is 10.5. The number of amides is 2. The number of rotatable bonds is 10. The quantitative estimate of drug-likeness (QED) is 0.459. The largest absolute Gasteiger partial charge is 0.497 e. The summed E-state index contributed by atoms with van der Waals surface area (Å²) in [5.74, 6) is 0.358. The van der Waals surface area contributed by atoms with Gasteiger partial charge in [0, 0.05) is 30.3 Å². The molecule has 9 heteroatoms. The van der Waals surface area contributed by atoms with E-state index in [0.29, 0.717) is 29.2 Å². The average molecular weight is 429 g/mol. The lowest BCUT2D eigenvalue weighted by Crippen LogP contribution is -2.44. The monoisotopic (exact) mass is 429 g/mol. The first-order chi connectivity index (χ1) is 14.7. The van der Waals surface area contributed by atoms with E-state index in [-0.39, 0.29) is 36.7 Å². The van der Waals surface area contributed by atoms with E-state index in [4.69, 9.17) is 9.47 Å². The summed E-state index contributed by atoms with van der Waals surface area (Å²) >= 11 is 0. The predicted molar refractivity (Wildman–Crippen MR) is 116 cm³/mol. The van der Waals surface area contributed by atoms with Gasteiger partial charge in [-0.25, -0.2) is 0 Å². The standard InChI is InChI=1S/C22H27N3O6/c1-5-24(13-21(26)23-15(2)3)22(27)14-31-20-11-8-17(25(28)29)12-19(20)16-6-9-18(30-4)10-7-16/h6-12,15H,5,13-14H2,1-4H3,(H,23,26). The lowest BCUT2D eigenvalue weighted by molar-refractivity contribution is -0.384. The van der Waals surface area contributed by atoms with Crippen molar-refractivity contribution < 1.29 is 24.0 Å². The van der Waals surface area contributed by atoms with E-state index in [9.17, 15) is 19.7 Å². The van der Waals surface area contributed by atoms with Crippen molar-refractivity contribution in [3.05, 3.63) is 52.6 Å². The molecule has 1 N–H and O–H groups in total. The zero-order valence-corrected chi connectivity index (χ0v) is 18.1. The van der Waals surface area contributed by atoms with Crippen LogP contribution >= 0.6 is 0 Å². The van der Waals surface area contributed by atoms with Gasteiger partial charge in [-0.2, -0.15) is 0 Å². The third-order valence-electron chi connectivity index (χ3n) is 4.44. The topological polar surface area (TPSA) is 111 Å². The van der Waals surface area contributed by atoms with Gasteiger partial charge in [0.1, 0.15) is 11.5 Å². The Morgan fingerprint density at radius 1 is 1.16 bits per heavy atom. The first kappa shape index (κ1) is 23.7. The molecule has 2 aromatic rings. The van der Waals surface area contributed by atoms with Crippen LogP contribution in [0.25, 0.3) is 11.1 Å². The van der Waals surface area contributed by atoms with Crippen LogP contribution in [0, 0.1) is 10.1 Å². The van der Waals surface area contributed by atoms with Crippen LogP contribution < -0.4 is 14.8 Å². The van der Waals surface area contributed by atoms with Crippen molar-refractivity contribution in [1.29, 1.82) is 0 Å². The number of hydrogen-bond acceptors (Lipinski definition) is 6. The molecule has 0 unspecified atom stereocenters. The Hall–Kier alpha value is -3.62. The van der Waals surface area contributed by atoms with Crippen molar-refractivity contribution in [3.63, 3.8) is 0 Å². The highest BCUT2D eigenvalue weighted by molar-refractivity contribution is 5.85. The fourth-order valence-electron chi connectivity index (χ4n) is 2.90. The molecule has 0 bridgehead atoms. The Morgan fingerprint density at radius 2 is 1.84 bits per heavy atom. The number of methoxy groups -OCH3 is 1.